The second kappa shape index (κ2) is 6.74. The van der Waals surface area contributed by atoms with Gasteiger partial charge in [-0.15, -0.1) is 0 Å². The number of aryl methyl sites for hydroxylation is 2. The highest BCUT2D eigenvalue weighted by molar-refractivity contribution is 7.89. The number of fused-ring (bicyclic) bond motifs is 1. The van der Waals surface area contributed by atoms with Crippen LogP contribution in [-0.4, -0.2) is 58.5 Å². The predicted octanol–water partition coefficient (Wildman–Crippen LogP) is 1.91. The fraction of sp³-hybridized carbons (Fsp3) is 0.353. The maximum absolute atomic E-state index is 13.0. The molecule has 0 aliphatic carbocycles. The second-order valence-corrected chi connectivity index (χ2v) is 8.87. The monoisotopic (exact) mass is 406 g/mol. The summed E-state index contributed by atoms with van der Waals surface area (Å²) in [7, 11) is -3.63. The fourth-order valence-electron chi connectivity index (χ4n) is 3.25. The van der Waals surface area contributed by atoms with Crippen molar-refractivity contribution in [3.8, 4) is 0 Å². The van der Waals surface area contributed by atoms with Crippen molar-refractivity contribution in [2.24, 2.45) is 0 Å². The average molecular weight is 407 g/mol. The smallest absolute Gasteiger partial charge is 0.254 e. The van der Waals surface area contributed by atoms with Gasteiger partial charge in [-0.05, 0) is 31.5 Å². The van der Waals surface area contributed by atoms with Gasteiger partial charge in [-0.1, -0.05) is 17.7 Å². The zero-order chi connectivity index (χ0) is 19.2. The molecule has 0 radical (unpaired) electrons. The fourth-order valence-corrected chi connectivity index (χ4v) is 5.24. The highest BCUT2D eigenvalue weighted by atomic mass is 35.5. The highest BCUT2D eigenvalue weighted by Crippen LogP contribution is 2.27. The van der Waals surface area contributed by atoms with E-state index in [1.165, 1.54) is 10.6 Å². The molecule has 1 fully saturated rings. The zero-order valence-corrected chi connectivity index (χ0v) is 16.6. The van der Waals surface area contributed by atoms with Gasteiger partial charge in [0.25, 0.3) is 5.78 Å². The molecule has 0 amide bonds. The molecule has 1 aliphatic heterocycles. The van der Waals surface area contributed by atoms with Gasteiger partial charge in [0.15, 0.2) is 0 Å². The topological polar surface area (TPSA) is 83.7 Å². The third-order valence-electron chi connectivity index (χ3n) is 4.63. The predicted molar refractivity (Wildman–Crippen MR) is 103 cm³/mol. The van der Waals surface area contributed by atoms with E-state index in [2.05, 4.69) is 20.0 Å². The number of nitrogens with zero attached hydrogens (tertiary/aromatic N) is 6. The Morgan fingerprint density at radius 1 is 1.07 bits per heavy atom. The van der Waals surface area contributed by atoms with Crippen molar-refractivity contribution in [1.82, 2.24) is 23.9 Å². The Morgan fingerprint density at radius 2 is 1.81 bits per heavy atom. The number of aromatic nitrogens is 4. The standard InChI is InChI=1S/C17H19ClN6O2S/c1-12-3-4-15(14(18)9-12)27(25,26)23-7-5-22(6-8-23)16-10-13(2)21-17-19-11-20-24(16)17/h3-4,9-11H,5-8H2,1-2H3. The number of anilines is 1. The average Bonchev–Trinajstić information content (AvgIpc) is 3.09. The SMILES string of the molecule is Cc1ccc(S(=O)(=O)N2CCN(c3cc(C)nc4ncnn34)CC2)c(Cl)c1. The minimum atomic E-state index is -3.63. The molecule has 1 aliphatic rings. The molecule has 4 rings (SSSR count). The molecular formula is C17H19ClN6O2S. The van der Waals surface area contributed by atoms with E-state index >= 15 is 0 Å². The van der Waals surface area contributed by atoms with Crippen LogP contribution in [0.15, 0.2) is 35.5 Å². The van der Waals surface area contributed by atoms with Gasteiger partial charge in [-0.2, -0.15) is 18.9 Å². The minimum Gasteiger partial charge on any atom is -0.354 e. The molecule has 0 unspecified atom stereocenters. The summed E-state index contributed by atoms with van der Waals surface area (Å²) in [6.45, 7) is 5.59. The maximum atomic E-state index is 13.0. The van der Waals surface area contributed by atoms with E-state index in [4.69, 9.17) is 11.6 Å². The normalized spacial score (nSPS) is 16.2. The summed E-state index contributed by atoms with van der Waals surface area (Å²) in [6, 6.07) is 6.94. The van der Waals surface area contributed by atoms with Gasteiger partial charge in [-0.3, -0.25) is 0 Å². The number of halogens is 1. The van der Waals surface area contributed by atoms with E-state index in [9.17, 15) is 8.42 Å². The zero-order valence-electron chi connectivity index (χ0n) is 15.0. The van der Waals surface area contributed by atoms with E-state index in [1.807, 2.05) is 19.9 Å². The Balaban J connectivity index is 1.57. The molecule has 3 heterocycles. The lowest BCUT2D eigenvalue weighted by atomic mass is 10.2. The highest BCUT2D eigenvalue weighted by Gasteiger charge is 2.31. The van der Waals surface area contributed by atoms with Crippen LogP contribution < -0.4 is 4.90 Å². The second-order valence-electron chi connectivity index (χ2n) is 6.55. The van der Waals surface area contributed by atoms with Gasteiger partial charge in [0.1, 0.15) is 17.0 Å². The van der Waals surface area contributed by atoms with Crippen LogP contribution in [0.4, 0.5) is 5.82 Å². The Kier molecular flexibility index (Phi) is 4.53. The lowest BCUT2D eigenvalue weighted by molar-refractivity contribution is 0.383. The summed E-state index contributed by atoms with van der Waals surface area (Å²) in [6.07, 6.45) is 1.46. The Labute approximate surface area is 162 Å². The molecule has 0 N–H and O–H groups in total. The molecule has 142 valence electrons. The van der Waals surface area contributed by atoms with Crippen LogP contribution in [0.3, 0.4) is 0 Å². The van der Waals surface area contributed by atoms with Crippen molar-refractivity contribution >= 4 is 33.2 Å². The van der Waals surface area contributed by atoms with Crippen molar-refractivity contribution in [2.75, 3.05) is 31.1 Å². The van der Waals surface area contributed by atoms with Gasteiger partial charge in [0.05, 0.1) is 5.02 Å². The molecule has 3 aromatic rings. The summed E-state index contributed by atoms with van der Waals surface area (Å²) in [5.74, 6) is 1.40. The van der Waals surface area contributed by atoms with Crippen LogP contribution in [0, 0.1) is 13.8 Å². The van der Waals surface area contributed by atoms with E-state index < -0.39 is 10.0 Å². The summed E-state index contributed by atoms with van der Waals surface area (Å²) < 4.78 is 29.1. The molecule has 1 saturated heterocycles. The van der Waals surface area contributed by atoms with Gasteiger partial charge >= 0.3 is 0 Å². The molecule has 1 aromatic carbocycles. The Morgan fingerprint density at radius 3 is 2.52 bits per heavy atom. The summed E-state index contributed by atoms with van der Waals surface area (Å²) in [4.78, 5) is 10.7. The van der Waals surface area contributed by atoms with Crippen LogP contribution in [0.25, 0.3) is 5.78 Å². The molecule has 8 nitrogen and oxygen atoms in total. The Bertz CT molecular complexity index is 1110. The van der Waals surface area contributed by atoms with E-state index in [1.54, 1.807) is 22.7 Å². The quantitative estimate of drug-likeness (QED) is 0.660. The molecule has 27 heavy (non-hydrogen) atoms. The first-order valence-corrected chi connectivity index (χ1v) is 10.4. The molecule has 0 saturated carbocycles. The lowest BCUT2D eigenvalue weighted by Crippen LogP contribution is -2.49. The third-order valence-corrected chi connectivity index (χ3v) is 7.01. The number of rotatable bonds is 3. The summed E-state index contributed by atoms with van der Waals surface area (Å²) in [5, 5.41) is 4.48. The Hall–Kier alpha value is -2.23. The molecular weight excluding hydrogens is 388 g/mol. The van der Waals surface area contributed by atoms with Gasteiger partial charge in [0.2, 0.25) is 10.0 Å². The first kappa shape index (κ1) is 18.1. The number of piperazine rings is 1. The van der Waals surface area contributed by atoms with E-state index in [0.29, 0.717) is 32.0 Å². The summed E-state index contributed by atoms with van der Waals surface area (Å²) in [5.41, 5.74) is 1.76. The van der Waals surface area contributed by atoms with Crippen molar-refractivity contribution in [3.05, 3.63) is 46.9 Å². The maximum Gasteiger partial charge on any atom is 0.254 e. The van der Waals surface area contributed by atoms with Crippen molar-refractivity contribution < 1.29 is 8.42 Å². The molecule has 10 heteroatoms. The van der Waals surface area contributed by atoms with Crippen LogP contribution in [0.5, 0.6) is 0 Å². The number of benzene rings is 1. The van der Waals surface area contributed by atoms with Gasteiger partial charge in [-0.25, -0.2) is 13.4 Å². The van der Waals surface area contributed by atoms with E-state index in [0.717, 1.165) is 17.1 Å². The van der Waals surface area contributed by atoms with Crippen LogP contribution in [0.2, 0.25) is 5.02 Å². The van der Waals surface area contributed by atoms with Crippen LogP contribution in [0.1, 0.15) is 11.3 Å². The first-order valence-electron chi connectivity index (χ1n) is 8.55. The number of hydrogen-bond acceptors (Lipinski definition) is 6. The number of hydrogen-bond donors (Lipinski definition) is 0. The van der Waals surface area contributed by atoms with Gasteiger partial charge in [0, 0.05) is 37.9 Å². The van der Waals surface area contributed by atoms with Crippen LogP contribution in [-0.2, 0) is 10.0 Å². The molecule has 2 aromatic heterocycles. The minimum absolute atomic E-state index is 0.154. The molecule has 0 atom stereocenters. The van der Waals surface area contributed by atoms with Crippen molar-refractivity contribution in [1.29, 1.82) is 0 Å². The third kappa shape index (κ3) is 3.26. The molecule has 0 bridgehead atoms. The molecule has 0 spiro atoms. The summed E-state index contributed by atoms with van der Waals surface area (Å²) >= 11 is 6.19. The van der Waals surface area contributed by atoms with E-state index in [-0.39, 0.29) is 9.92 Å². The number of sulfonamides is 1. The van der Waals surface area contributed by atoms with Crippen molar-refractivity contribution in [2.45, 2.75) is 18.7 Å². The van der Waals surface area contributed by atoms with Crippen molar-refractivity contribution in [3.63, 3.8) is 0 Å². The largest absolute Gasteiger partial charge is 0.354 e. The first-order chi connectivity index (χ1) is 12.9. The van der Waals surface area contributed by atoms with Crippen LogP contribution >= 0.6 is 11.6 Å². The van der Waals surface area contributed by atoms with Gasteiger partial charge < -0.3 is 4.90 Å². The lowest BCUT2D eigenvalue weighted by Gasteiger charge is -2.35.